The van der Waals surface area contributed by atoms with Crippen molar-refractivity contribution in [3.8, 4) is 11.3 Å². The van der Waals surface area contributed by atoms with E-state index in [1.165, 1.54) is 0 Å². The fourth-order valence-corrected chi connectivity index (χ4v) is 3.75. The number of pyridine rings is 2. The Hall–Kier alpha value is -3.95. The van der Waals surface area contributed by atoms with Crippen molar-refractivity contribution in [3.05, 3.63) is 66.6 Å². The lowest BCUT2D eigenvalue weighted by atomic mass is 10.1. The molecule has 4 aromatic rings. The number of hydrogen-bond acceptors (Lipinski definition) is 8. The van der Waals surface area contributed by atoms with Gasteiger partial charge in [-0.2, -0.15) is 0 Å². The molecule has 0 saturated carbocycles. The molecule has 1 amide bonds. The van der Waals surface area contributed by atoms with Gasteiger partial charge in [-0.1, -0.05) is 30.3 Å². The monoisotopic (exact) mass is 441 g/mol. The minimum Gasteiger partial charge on any atom is -0.387 e. The molecule has 3 N–H and O–H groups in total. The summed E-state index contributed by atoms with van der Waals surface area (Å²) in [6, 6.07) is 15.2. The highest BCUT2D eigenvalue weighted by Gasteiger charge is 2.19. The Bertz CT molecular complexity index is 1290. The molecule has 0 aliphatic carbocycles. The Kier molecular flexibility index (Phi) is 5.64. The van der Waals surface area contributed by atoms with Crippen LogP contribution in [0.1, 0.15) is 18.7 Å². The molecule has 1 fully saturated rings. The van der Waals surface area contributed by atoms with Crippen LogP contribution in [0.2, 0.25) is 0 Å². The van der Waals surface area contributed by atoms with E-state index in [2.05, 4.69) is 25.6 Å². The lowest BCUT2D eigenvalue weighted by Gasteiger charge is -2.27. The summed E-state index contributed by atoms with van der Waals surface area (Å²) < 4.78 is 0. The molecule has 3 aromatic heterocycles. The molecule has 1 aromatic carbocycles. The highest BCUT2D eigenvalue weighted by molar-refractivity contribution is 5.95. The molecule has 166 valence electrons. The average molecular weight is 441 g/mol. The predicted octanol–water partition coefficient (Wildman–Crippen LogP) is 2.82. The van der Waals surface area contributed by atoms with Crippen LogP contribution in [0.15, 0.2) is 60.9 Å². The van der Waals surface area contributed by atoms with Crippen molar-refractivity contribution >= 4 is 34.3 Å². The number of carbonyl (C=O) groups is 1. The fraction of sp³-hybridized carbons (Fsp3) is 0.208. The number of aromatic nitrogens is 4. The van der Waals surface area contributed by atoms with E-state index >= 15 is 0 Å². The number of fused-ring (bicyclic) bond motifs is 1. The number of benzene rings is 1. The number of amides is 1. The van der Waals surface area contributed by atoms with Crippen LogP contribution >= 0.6 is 0 Å². The summed E-state index contributed by atoms with van der Waals surface area (Å²) in [5.41, 5.74) is 3.57. The molecule has 1 saturated heterocycles. The van der Waals surface area contributed by atoms with Gasteiger partial charge in [-0.15, -0.1) is 0 Å². The van der Waals surface area contributed by atoms with Crippen molar-refractivity contribution in [2.24, 2.45) is 0 Å². The number of nitrogens with one attached hydrogen (secondary N) is 2. The van der Waals surface area contributed by atoms with Gasteiger partial charge in [0.05, 0.1) is 35.9 Å². The number of anilines is 3. The zero-order chi connectivity index (χ0) is 22.8. The van der Waals surface area contributed by atoms with Gasteiger partial charge in [0.2, 0.25) is 11.9 Å². The van der Waals surface area contributed by atoms with E-state index < -0.39 is 6.10 Å². The first-order chi connectivity index (χ1) is 16.1. The zero-order valence-corrected chi connectivity index (χ0v) is 18.1. The summed E-state index contributed by atoms with van der Waals surface area (Å²) in [7, 11) is 0. The van der Waals surface area contributed by atoms with Crippen molar-refractivity contribution in [2.45, 2.75) is 13.0 Å². The van der Waals surface area contributed by atoms with Gasteiger partial charge in [0, 0.05) is 30.2 Å². The molecular weight excluding hydrogens is 418 g/mol. The van der Waals surface area contributed by atoms with Crippen LogP contribution in [0.3, 0.4) is 0 Å². The standard InChI is InChI=1S/C24H23N7O2/c1-15(32)19-11-17-12-27-24(30-23(17)22(28-19)16-5-3-2-4-6-16)29-20-8-7-18(13-26-20)31-10-9-25-14-21(31)33/h2-8,11-13,15,25,32H,9-10,14H2,1H3,(H,26,27,29,30)/t15-/m1/s1. The molecule has 33 heavy (non-hydrogen) atoms. The van der Waals surface area contributed by atoms with Crippen LogP contribution in [0.25, 0.3) is 22.2 Å². The van der Waals surface area contributed by atoms with Crippen LogP contribution < -0.4 is 15.5 Å². The number of carbonyl (C=O) groups excluding carboxylic acids is 1. The number of nitrogens with zero attached hydrogens (tertiary/aromatic N) is 5. The Morgan fingerprint density at radius 2 is 1.94 bits per heavy atom. The van der Waals surface area contributed by atoms with Crippen molar-refractivity contribution in [2.75, 3.05) is 29.9 Å². The van der Waals surface area contributed by atoms with E-state index in [1.54, 1.807) is 36.4 Å². The zero-order valence-electron chi connectivity index (χ0n) is 18.1. The van der Waals surface area contributed by atoms with Crippen molar-refractivity contribution in [3.63, 3.8) is 0 Å². The number of hydrogen-bond donors (Lipinski definition) is 3. The van der Waals surface area contributed by atoms with E-state index in [1.807, 2.05) is 36.4 Å². The molecule has 9 heteroatoms. The number of aliphatic hydroxyl groups excluding tert-OH is 1. The summed E-state index contributed by atoms with van der Waals surface area (Å²) in [6.07, 6.45) is 2.66. The lowest BCUT2D eigenvalue weighted by molar-refractivity contribution is -0.118. The maximum absolute atomic E-state index is 12.1. The number of rotatable bonds is 5. The third kappa shape index (κ3) is 4.36. The second kappa shape index (κ2) is 8.89. The molecule has 0 unspecified atom stereocenters. The van der Waals surface area contributed by atoms with Gasteiger partial charge in [0.15, 0.2) is 0 Å². The number of piperazine rings is 1. The van der Waals surface area contributed by atoms with Crippen LogP contribution in [-0.2, 0) is 4.79 Å². The maximum atomic E-state index is 12.1. The topological polar surface area (TPSA) is 116 Å². The van der Waals surface area contributed by atoms with Crippen molar-refractivity contribution in [1.82, 2.24) is 25.3 Å². The van der Waals surface area contributed by atoms with E-state index in [0.717, 1.165) is 23.2 Å². The highest BCUT2D eigenvalue weighted by atomic mass is 16.3. The molecule has 5 rings (SSSR count). The second-order valence-electron chi connectivity index (χ2n) is 7.82. The van der Waals surface area contributed by atoms with Crippen molar-refractivity contribution < 1.29 is 9.90 Å². The highest BCUT2D eigenvalue weighted by Crippen LogP contribution is 2.29. The Morgan fingerprint density at radius 3 is 2.67 bits per heavy atom. The number of aliphatic hydroxyl groups is 1. The maximum Gasteiger partial charge on any atom is 0.241 e. The van der Waals surface area contributed by atoms with E-state index in [-0.39, 0.29) is 5.91 Å². The van der Waals surface area contributed by atoms with Crippen LogP contribution in [0.5, 0.6) is 0 Å². The first kappa shape index (κ1) is 20.9. The van der Waals surface area contributed by atoms with Gasteiger partial charge in [0.25, 0.3) is 0 Å². The Balaban J connectivity index is 1.47. The second-order valence-corrected chi connectivity index (χ2v) is 7.82. The summed E-state index contributed by atoms with van der Waals surface area (Å²) in [5.74, 6) is 0.972. The summed E-state index contributed by atoms with van der Waals surface area (Å²) >= 11 is 0. The van der Waals surface area contributed by atoms with E-state index in [4.69, 9.17) is 4.98 Å². The van der Waals surface area contributed by atoms with Gasteiger partial charge in [-0.25, -0.2) is 19.9 Å². The predicted molar refractivity (Wildman–Crippen MR) is 126 cm³/mol. The van der Waals surface area contributed by atoms with Gasteiger partial charge >= 0.3 is 0 Å². The van der Waals surface area contributed by atoms with Crippen LogP contribution in [-0.4, -0.2) is 50.6 Å². The molecule has 1 aliphatic heterocycles. The quantitative estimate of drug-likeness (QED) is 0.433. The minimum atomic E-state index is -0.708. The van der Waals surface area contributed by atoms with E-state index in [9.17, 15) is 9.90 Å². The molecule has 0 spiro atoms. The third-order valence-corrected chi connectivity index (χ3v) is 5.45. The molecule has 0 radical (unpaired) electrons. The van der Waals surface area contributed by atoms with Gasteiger partial charge < -0.3 is 20.6 Å². The lowest BCUT2D eigenvalue weighted by Crippen LogP contribution is -2.48. The first-order valence-electron chi connectivity index (χ1n) is 10.7. The largest absolute Gasteiger partial charge is 0.387 e. The summed E-state index contributed by atoms with van der Waals surface area (Å²) in [4.78, 5) is 32.0. The van der Waals surface area contributed by atoms with Gasteiger partial charge in [0.1, 0.15) is 11.3 Å². The SMILES string of the molecule is C[C@@H](O)c1cc2cnc(Nc3ccc(N4CCNCC4=O)cn3)nc2c(-c2ccccc2)n1. The van der Waals surface area contributed by atoms with E-state index in [0.29, 0.717) is 41.8 Å². The minimum absolute atomic E-state index is 0.0270. The van der Waals surface area contributed by atoms with Crippen LogP contribution in [0, 0.1) is 0 Å². The average Bonchev–Trinajstić information content (AvgIpc) is 2.85. The fourth-order valence-electron chi connectivity index (χ4n) is 3.75. The van der Waals surface area contributed by atoms with Gasteiger partial charge in [-0.05, 0) is 25.1 Å². The molecule has 9 nitrogen and oxygen atoms in total. The summed E-state index contributed by atoms with van der Waals surface area (Å²) in [6.45, 7) is 3.39. The van der Waals surface area contributed by atoms with Gasteiger partial charge in [-0.3, -0.25) is 4.79 Å². The third-order valence-electron chi connectivity index (χ3n) is 5.45. The molecular formula is C24H23N7O2. The van der Waals surface area contributed by atoms with Crippen LogP contribution in [0.4, 0.5) is 17.5 Å². The van der Waals surface area contributed by atoms with Crippen molar-refractivity contribution in [1.29, 1.82) is 0 Å². The molecule has 1 atom stereocenters. The summed E-state index contributed by atoms with van der Waals surface area (Å²) in [5, 5.41) is 17.1. The first-order valence-corrected chi connectivity index (χ1v) is 10.7. The normalized spacial score (nSPS) is 15.0. The smallest absolute Gasteiger partial charge is 0.241 e. The Labute approximate surface area is 190 Å². The molecule has 1 aliphatic rings. The Morgan fingerprint density at radius 1 is 1.09 bits per heavy atom. The molecule has 0 bridgehead atoms. The molecule has 4 heterocycles.